The van der Waals surface area contributed by atoms with Gasteiger partial charge in [-0.1, -0.05) is 48.6 Å². The van der Waals surface area contributed by atoms with Crippen LogP contribution in [0.25, 0.3) is 23.1 Å². The molecule has 1 aliphatic rings. The van der Waals surface area contributed by atoms with E-state index in [4.69, 9.17) is 4.74 Å². The molecule has 1 aromatic heterocycles. The number of rotatable bonds is 7. The second kappa shape index (κ2) is 9.43. The van der Waals surface area contributed by atoms with Crippen molar-refractivity contribution in [2.75, 3.05) is 31.2 Å². The number of benzene rings is 2. The molecule has 1 saturated heterocycles. The maximum atomic E-state index is 5.42. The van der Waals surface area contributed by atoms with Crippen molar-refractivity contribution in [1.29, 1.82) is 0 Å². The van der Waals surface area contributed by atoms with Crippen LogP contribution in [0.5, 0.6) is 0 Å². The van der Waals surface area contributed by atoms with E-state index in [1.807, 2.05) is 6.20 Å². The van der Waals surface area contributed by atoms with Crippen LogP contribution >= 0.6 is 0 Å². The van der Waals surface area contributed by atoms with Crippen LogP contribution in [-0.4, -0.2) is 31.3 Å². The minimum Gasteiger partial charge on any atom is -0.378 e. The quantitative estimate of drug-likeness (QED) is 0.523. The Morgan fingerprint density at radius 2 is 1.57 bits per heavy atom. The molecule has 0 atom stereocenters. The zero-order valence-corrected chi connectivity index (χ0v) is 16.3. The maximum absolute atomic E-state index is 5.42. The highest BCUT2D eigenvalue weighted by molar-refractivity contribution is 5.81. The van der Waals surface area contributed by atoms with Crippen LogP contribution in [0.2, 0.25) is 0 Å². The van der Waals surface area contributed by atoms with E-state index in [0.29, 0.717) is 0 Å². The Morgan fingerprint density at radius 1 is 0.857 bits per heavy atom. The second-order valence-corrected chi connectivity index (χ2v) is 7.25. The van der Waals surface area contributed by atoms with Crippen LogP contribution in [0.4, 0.5) is 5.69 Å². The summed E-state index contributed by atoms with van der Waals surface area (Å²) >= 11 is 0. The van der Waals surface area contributed by atoms with E-state index in [9.17, 15) is 0 Å². The molecular formula is C25H28N2O. The monoisotopic (exact) mass is 372 g/mol. The summed E-state index contributed by atoms with van der Waals surface area (Å²) in [7, 11) is 0. The number of hydrogen-bond acceptors (Lipinski definition) is 2. The molecule has 1 N–H and O–H groups in total. The zero-order valence-electron chi connectivity index (χ0n) is 16.3. The normalized spacial score (nSPS) is 15.2. The molecule has 28 heavy (non-hydrogen) atoms. The Labute approximate surface area is 167 Å². The van der Waals surface area contributed by atoms with Gasteiger partial charge in [-0.2, -0.15) is 0 Å². The molecule has 144 valence electrons. The van der Waals surface area contributed by atoms with Crippen molar-refractivity contribution >= 4 is 28.7 Å². The Morgan fingerprint density at radius 3 is 2.36 bits per heavy atom. The lowest BCUT2D eigenvalue weighted by Crippen LogP contribution is -2.36. The van der Waals surface area contributed by atoms with Crippen LogP contribution in [-0.2, 0) is 4.74 Å². The standard InChI is InChI=1S/C25H28N2O/c1(3-5-7-22-8-11-23-14-15-26-25(23)20-22)2-4-6-21-9-12-24(13-10-21)27-16-18-28-19-17-27/h4-15,20,26H,1-3,16-19H2/b6-4+,7-5+. The van der Waals surface area contributed by atoms with Crippen LogP contribution in [0.1, 0.15) is 30.4 Å². The highest BCUT2D eigenvalue weighted by atomic mass is 16.5. The van der Waals surface area contributed by atoms with Gasteiger partial charge < -0.3 is 14.6 Å². The van der Waals surface area contributed by atoms with Gasteiger partial charge in [-0.3, -0.25) is 0 Å². The number of morpholine rings is 1. The molecule has 0 saturated carbocycles. The zero-order chi connectivity index (χ0) is 19.0. The number of nitrogens with zero attached hydrogens (tertiary/aromatic N) is 1. The van der Waals surface area contributed by atoms with E-state index in [2.05, 4.69) is 82.7 Å². The van der Waals surface area contributed by atoms with E-state index in [0.717, 1.165) is 39.1 Å². The summed E-state index contributed by atoms with van der Waals surface area (Å²) in [6.45, 7) is 3.64. The summed E-state index contributed by atoms with van der Waals surface area (Å²) in [5.74, 6) is 0. The number of aromatic nitrogens is 1. The highest BCUT2D eigenvalue weighted by Crippen LogP contribution is 2.18. The fourth-order valence-corrected chi connectivity index (χ4v) is 3.58. The molecule has 3 aromatic rings. The van der Waals surface area contributed by atoms with Gasteiger partial charge in [0.15, 0.2) is 0 Å². The second-order valence-electron chi connectivity index (χ2n) is 7.25. The Bertz CT molecular complexity index is 931. The maximum Gasteiger partial charge on any atom is 0.0642 e. The Hall–Kier alpha value is -2.78. The Balaban J connectivity index is 1.19. The SMILES string of the molecule is C(=C\c1ccc(N2CCOCC2)cc1)/CCC/C=C/c1ccc2cc[nH]c2c1. The predicted octanol–water partition coefficient (Wildman–Crippen LogP) is 5.90. The van der Waals surface area contributed by atoms with Crippen molar-refractivity contribution in [2.45, 2.75) is 19.3 Å². The van der Waals surface area contributed by atoms with Crippen molar-refractivity contribution < 1.29 is 4.74 Å². The first-order chi connectivity index (χ1) is 13.9. The molecule has 0 radical (unpaired) electrons. The number of hydrogen-bond donors (Lipinski definition) is 1. The minimum atomic E-state index is 0.830. The first kappa shape index (κ1) is 18.6. The van der Waals surface area contributed by atoms with Gasteiger partial charge in [0.25, 0.3) is 0 Å². The highest BCUT2D eigenvalue weighted by Gasteiger charge is 2.10. The number of aromatic amines is 1. The summed E-state index contributed by atoms with van der Waals surface area (Å²) in [6, 6.07) is 17.5. The number of unbranched alkanes of at least 4 members (excludes halogenated alkanes) is 2. The molecule has 0 unspecified atom stereocenters. The van der Waals surface area contributed by atoms with E-state index in [-0.39, 0.29) is 0 Å². The molecule has 0 aliphatic carbocycles. The summed E-state index contributed by atoms with van der Waals surface area (Å²) in [6.07, 6.45) is 14.4. The topological polar surface area (TPSA) is 28.3 Å². The van der Waals surface area contributed by atoms with Crippen LogP contribution < -0.4 is 4.90 Å². The van der Waals surface area contributed by atoms with Gasteiger partial charge in [-0.15, -0.1) is 0 Å². The van der Waals surface area contributed by atoms with Gasteiger partial charge in [0.05, 0.1) is 13.2 Å². The molecule has 3 heteroatoms. The van der Waals surface area contributed by atoms with Gasteiger partial charge in [0.2, 0.25) is 0 Å². The Kier molecular flexibility index (Phi) is 6.25. The molecule has 2 heterocycles. The van der Waals surface area contributed by atoms with E-state index >= 15 is 0 Å². The number of H-pyrrole nitrogens is 1. The van der Waals surface area contributed by atoms with Crippen molar-refractivity contribution in [3.8, 4) is 0 Å². The molecule has 0 bridgehead atoms. The molecule has 4 rings (SSSR count). The average Bonchev–Trinajstić information content (AvgIpc) is 3.22. The number of fused-ring (bicyclic) bond motifs is 1. The molecule has 1 fully saturated rings. The first-order valence-corrected chi connectivity index (χ1v) is 10.2. The lowest BCUT2D eigenvalue weighted by Gasteiger charge is -2.28. The van der Waals surface area contributed by atoms with Gasteiger partial charge in [-0.05, 0) is 60.0 Å². The van der Waals surface area contributed by atoms with Gasteiger partial charge in [-0.25, -0.2) is 0 Å². The smallest absolute Gasteiger partial charge is 0.0642 e. The fraction of sp³-hybridized carbons (Fsp3) is 0.280. The lowest BCUT2D eigenvalue weighted by atomic mass is 10.1. The number of allylic oxidation sites excluding steroid dienone is 2. The third-order valence-corrected chi connectivity index (χ3v) is 5.21. The number of nitrogens with one attached hydrogen (secondary N) is 1. The molecule has 0 amide bonds. The summed E-state index contributed by atoms with van der Waals surface area (Å²) in [5, 5.41) is 1.26. The average molecular weight is 373 g/mol. The fourth-order valence-electron chi connectivity index (χ4n) is 3.58. The van der Waals surface area contributed by atoms with Gasteiger partial charge in [0.1, 0.15) is 0 Å². The van der Waals surface area contributed by atoms with Gasteiger partial charge >= 0.3 is 0 Å². The van der Waals surface area contributed by atoms with Crippen LogP contribution in [0.3, 0.4) is 0 Å². The summed E-state index contributed by atoms with van der Waals surface area (Å²) < 4.78 is 5.42. The summed E-state index contributed by atoms with van der Waals surface area (Å²) in [5.41, 5.74) is 5.02. The minimum absolute atomic E-state index is 0.830. The van der Waals surface area contributed by atoms with Crippen molar-refractivity contribution in [2.24, 2.45) is 0 Å². The van der Waals surface area contributed by atoms with E-state index in [1.54, 1.807) is 0 Å². The van der Waals surface area contributed by atoms with Crippen molar-refractivity contribution in [3.63, 3.8) is 0 Å². The van der Waals surface area contributed by atoms with Crippen molar-refractivity contribution in [3.05, 3.63) is 78.0 Å². The number of anilines is 1. The lowest BCUT2D eigenvalue weighted by molar-refractivity contribution is 0.122. The summed E-state index contributed by atoms with van der Waals surface area (Å²) in [4.78, 5) is 5.65. The first-order valence-electron chi connectivity index (χ1n) is 10.2. The van der Waals surface area contributed by atoms with Crippen LogP contribution in [0.15, 0.2) is 66.9 Å². The van der Waals surface area contributed by atoms with Gasteiger partial charge in [0, 0.05) is 30.5 Å². The number of ether oxygens (including phenoxy) is 1. The molecule has 0 spiro atoms. The molecule has 1 aliphatic heterocycles. The van der Waals surface area contributed by atoms with E-state index < -0.39 is 0 Å². The van der Waals surface area contributed by atoms with E-state index in [1.165, 1.54) is 34.1 Å². The third kappa shape index (κ3) is 4.93. The molecule has 3 nitrogen and oxygen atoms in total. The molecular weight excluding hydrogens is 344 g/mol. The predicted molar refractivity (Wildman–Crippen MR) is 120 cm³/mol. The van der Waals surface area contributed by atoms with Crippen molar-refractivity contribution in [1.82, 2.24) is 4.98 Å². The van der Waals surface area contributed by atoms with Crippen LogP contribution in [0, 0.1) is 0 Å². The molecule has 2 aromatic carbocycles. The largest absolute Gasteiger partial charge is 0.378 e. The third-order valence-electron chi connectivity index (χ3n) is 5.21.